The number of allylic oxidation sites excluding steroid dienone is 2. The molecule has 1 N–H and O–H groups in total. The van der Waals surface area contributed by atoms with Gasteiger partial charge in [0.25, 0.3) is 0 Å². The minimum atomic E-state index is -0.125. The predicted octanol–water partition coefficient (Wildman–Crippen LogP) is 7.40. The van der Waals surface area contributed by atoms with E-state index in [4.69, 9.17) is 10.1 Å². The summed E-state index contributed by atoms with van der Waals surface area (Å²) in [6.45, 7) is 9.73. The maximum atomic E-state index is 10.0. The van der Waals surface area contributed by atoms with Crippen LogP contribution in [0.4, 0.5) is 0 Å². The molecule has 2 atom stereocenters. The van der Waals surface area contributed by atoms with Crippen molar-refractivity contribution in [3.05, 3.63) is 77.1 Å². The number of aromatic nitrogens is 1. The zero-order valence-corrected chi connectivity index (χ0v) is 22.4. The Kier molecular flexibility index (Phi) is 7.61. The molecule has 4 heteroatoms. The molecule has 2 unspecified atom stereocenters. The predicted molar refractivity (Wildman–Crippen MR) is 131 cm³/mol. The first kappa shape index (κ1) is 25.3. The standard InChI is InChI=1S/C24H24N.C5H8O2.Ir/c1-24(2,3)18-11-12-20-19(14-18)21-16-9-10-17(13-16)22(21)23(25-20)15-7-5-4-6-8-15;1-4(6)3-5(2)7;/h4-7,11-12,14,16-17H,9-10,13H2,1-3H3;3,6H,1-2H3;/q-1;;. The van der Waals surface area contributed by atoms with Crippen molar-refractivity contribution in [3.63, 3.8) is 0 Å². The molecule has 1 aromatic heterocycles. The summed E-state index contributed by atoms with van der Waals surface area (Å²) < 4.78 is 0. The maximum Gasteiger partial charge on any atom is 0.155 e. The Morgan fingerprint density at radius 1 is 1.09 bits per heavy atom. The average molecular weight is 619 g/mol. The second kappa shape index (κ2) is 9.91. The molecule has 2 aliphatic carbocycles. The Morgan fingerprint density at radius 2 is 1.79 bits per heavy atom. The Balaban J connectivity index is 0.000000337. The van der Waals surface area contributed by atoms with E-state index in [-0.39, 0.29) is 37.1 Å². The number of fused-ring (bicyclic) bond motifs is 7. The minimum absolute atomic E-state index is 0. The quantitative estimate of drug-likeness (QED) is 0.185. The third-order valence-corrected chi connectivity index (χ3v) is 6.56. The summed E-state index contributed by atoms with van der Waals surface area (Å²) >= 11 is 0. The number of hydrogen-bond acceptors (Lipinski definition) is 3. The molecule has 1 saturated carbocycles. The molecule has 5 rings (SSSR count). The minimum Gasteiger partial charge on any atom is -0.512 e. The third kappa shape index (κ3) is 5.28. The van der Waals surface area contributed by atoms with Crippen LogP contribution in [-0.2, 0) is 30.3 Å². The number of benzene rings is 2. The molecule has 1 heterocycles. The molecule has 33 heavy (non-hydrogen) atoms. The van der Waals surface area contributed by atoms with Gasteiger partial charge in [-0.3, -0.25) is 9.78 Å². The van der Waals surface area contributed by atoms with E-state index in [1.165, 1.54) is 61.4 Å². The Labute approximate surface area is 210 Å². The largest absolute Gasteiger partial charge is 0.512 e. The van der Waals surface area contributed by atoms with Gasteiger partial charge in [-0.2, -0.15) is 0 Å². The van der Waals surface area contributed by atoms with Crippen LogP contribution in [0.5, 0.6) is 0 Å². The summed E-state index contributed by atoms with van der Waals surface area (Å²) in [5, 5.41) is 9.76. The topological polar surface area (TPSA) is 50.2 Å². The van der Waals surface area contributed by atoms with Gasteiger partial charge in [-0.15, -0.1) is 35.9 Å². The zero-order valence-electron chi connectivity index (χ0n) is 20.0. The van der Waals surface area contributed by atoms with Gasteiger partial charge < -0.3 is 5.11 Å². The first-order valence-electron chi connectivity index (χ1n) is 11.5. The summed E-state index contributed by atoms with van der Waals surface area (Å²) in [6, 6.07) is 18.6. The van der Waals surface area contributed by atoms with E-state index >= 15 is 0 Å². The van der Waals surface area contributed by atoms with Crippen molar-refractivity contribution in [2.75, 3.05) is 0 Å². The van der Waals surface area contributed by atoms with Crippen molar-refractivity contribution in [2.45, 2.75) is 71.1 Å². The van der Waals surface area contributed by atoms with Crippen molar-refractivity contribution < 1.29 is 30.0 Å². The number of ketones is 1. The summed E-state index contributed by atoms with van der Waals surface area (Å²) in [5.74, 6) is 1.36. The fourth-order valence-electron chi connectivity index (χ4n) is 5.17. The molecule has 175 valence electrons. The number of hydrogen-bond donors (Lipinski definition) is 1. The van der Waals surface area contributed by atoms with E-state index < -0.39 is 0 Å². The second-order valence-electron chi connectivity index (χ2n) is 10.1. The molecule has 0 aliphatic heterocycles. The summed E-state index contributed by atoms with van der Waals surface area (Å²) in [5.41, 5.74) is 8.17. The molecule has 1 radical (unpaired) electrons. The molecule has 3 aromatic rings. The molecular weight excluding hydrogens is 587 g/mol. The van der Waals surface area contributed by atoms with Gasteiger partial charge in [0.1, 0.15) is 0 Å². The molecule has 2 bridgehead atoms. The smallest absolute Gasteiger partial charge is 0.155 e. The van der Waals surface area contributed by atoms with Gasteiger partial charge in [0.15, 0.2) is 5.78 Å². The fraction of sp³-hybridized carbons (Fsp3) is 0.379. The van der Waals surface area contributed by atoms with Gasteiger partial charge >= 0.3 is 0 Å². The Morgan fingerprint density at radius 3 is 2.33 bits per heavy atom. The van der Waals surface area contributed by atoms with Crippen LogP contribution in [0.3, 0.4) is 0 Å². The summed E-state index contributed by atoms with van der Waals surface area (Å²) in [7, 11) is 0. The number of carbonyl (C=O) groups excluding carboxylic acids is 1. The molecule has 0 saturated heterocycles. The van der Waals surface area contributed by atoms with Gasteiger partial charge in [-0.1, -0.05) is 32.4 Å². The van der Waals surface area contributed by atoms with Crippen LogP contribution < -0.4 is 0 Å². The average Bonchev–Trinajstić information content (AvgIpc) is 3.35. The van der Waals surface area contributed by atoms with Crippen molar-refractivity contribution in [2.24, 2.45) is 0 Å². The third-order valence-electron chi connectivity index (χ3n) is 6.56. The normalized spacial score (nSPS) is 18.9. The van der Waals surface area contributed by atoms with E-state index in [1.807, 2.05) is 12.1 Å². The molecule has 0 amide bonds. The maximum absolute atomic E-state index is 10.0. The van der Waals surface area contributed by atoms with Crippen LogP contribution >= 0.6 is 0 Å². The summed E-state index contributed by atoms with van der Waals surface area (Å²) in [6.07, 6.45) is 5.15. The first-order valence-corrected chi connectivity index (χ1v) is 11.5. The number of pyridine rings is 1. The van der Waals surface area contributed by atoms with Crippen LogP contribution in [-0.4, -0.2) is 15.9 Å². The molecular formula is C29H32IrNO2-. The van der Waals surface area contributed by atoms with Crippen LogP contribution in [0.2, 0.25) is 0 Å². The fourth-order valence-corrected chi connectivity index (χ4v) is 5.17. The van der Waals surface area contributed by atoms with E-state index in [2.05, 4.69) is 57.2 Å². The number of carbonyl (C=O) groups is 1. The van der Waals surface area contributed by atoms with Crippen LogP contribution in [0, 0.1) is 6.07 Å². The molecule has 1 fully saturated rings. The first-order chi connectivity index (χ1) is 15.1. The van der Waals surface area contributed by atoms with E-state index in [0.29, 0.717) is 5.92 Å². The number of rotatable bonds is 2. The van der Waals surface area contributed by atoms with Gasteiger partial charge in [-0.25, -0.2) is 0 Å². The Bertz CT molecular complexity index is 1190. The van der Waals surface area contributed by atoms with Gasteiger partial charge in [-0.05, 0) is 79.3 Å². The van der Waals surface area contributed by atoms with Crippen molar-refractivity contribution >= 4 is 16.7 Å². The molecule has 0 spiro atoms. The number of aliphatic hydroxyl groups excluding tert-OH is 1. The summed E-state index contributed by atoms with van der Waals surface area (Å²) in [4.78, 5) is 15.1. The van der Waals surface area contributed by atoms with Gasteiger partial charge in [0.05, 0.1) is 11.3 Å². The van der Waals surface area contributed by atoms with Gasteiger partial charge in [0, 0.05) is 31.6 Å². The SMILES string of the molecule is CC(=O)C=C(C)O.CC(C)(C)c1ccc2nc(-c3[c-]cccc3)c3c(c2c1)C1CCC3C1.[Ir]. The number of nitrogens with zero attached hydrogens (tertiary/aromatic N) is 1. The van der Waals surface area contributed by atoms with Crippen molar-refractivity contribution in [3.8, 4) is 11.3 Å². The second-order valence-corrected chi connectivity index (χ2v) is 10.1. The zero-order chi connectivity index (χ0) is 23.0. The van der Waals surface area contributed by atoms with E-state index in [1.54, 1.807) is 5.56 Å². The number of aliphatic hydroxyl groups is 1. The van der Waals surface area contributed by atoms with Crippen LogP contribution in [0.1, 0.15) is 82.4 Å². The Hall–Kier alpha value is -2.29. The molecule has 3 nitrogen and oxygen atoms in total. The molecule has 2 aliphatic rings. The van der Waals surface area contributed by atoms with Crippen molar-refractivity contribution in [1.29, 1.82) is 0 Å². The van der Waals surface area contributed by atoms with E-state index in [0.717, 1.165) is 17.0 Å². The molecule has 2 aromatic carbocycles. The van der Waals surface area contributed by atoms with Gasteiger partial charge in [0.2, 0.25) is 0 Å². The van der Waals surface area contributed by atoms with Crippen molar-refractivity contribution in [1.82, 2.24) is 4.98 Å². The monoisotopic (exact) mass is 619 g/mol. The van der Waals surface area contributed by atoms with Crippen LogP contribution in [0.25, 0.3) is 22.2 Å². The van der Waals surface area contributed by atoms with Crippen LogP contribution in [0.15, 0.2) is 54.3 Å². The van der Waals surface area contributed by atoms with E-state index in [9.17, 15) is 4.79 Å².